The highest BCUT2D eigenvalue weighted by molar-refractivity contribution is 5.73. The van der Waals surface area contributed by atoms with Crippen molar-refractivity contribution in [1.82, 2.24) is 14.7 Å². The Hall–Kier alpha value is -1.69. The van der Waals surface area contributed by atoms with E-state index in [1.807, 2.05) is 17.9 Å². The summed E-state index contributed by atoms with van der Waals surface area (Å²) in [4.78, 5) is 11.5. The van der Waals surface area contributed by atoms with Gasteiger partial charge in [-0.15, -0.1) is 0 Å². The third-order valence-corrected chi connectivity index (χ3v) is 6.14. The highest BCUT2D eigenvalue weighted by atomic mass is 19.4. The van der Waals surface area contributed by atoms with Crippen LogP contribution in [-0.2, 0) is 32.6 Å². The molecule has 4 rings (SSSR count). The van der Waals surface area contributed by atoms with Gasteiger partial charge in [0.15, 0.2) is 0 Å². The van der Waals surface area contributed by atoms with Crippen LogP contribution in [0.4, 0.5) is 13.2 Å². The number of fused-ring (bicyclic) bond motifs is 1. The molecule has 0 unspecified atom stereocenters. The summed E-state index contributed by atoms with van der Waals surface area (Å²) in [5.74, 6) is -2.08. The summed E-state index contributed by atoms with van der Waals surface area (Å²) >= 11 is 0. The molecule has 0 spiro atoms. The summed E-state index contributed by atoms with van der Waals surface area (Å²) in [6.45, 7) is 5.52. The largest absolute Gasteiger partial charge is 0.490 e. The van der Waals surface area contributed by atoms with Crippen LogP contribution in [-0.4, -0.2) is 83.2 Å². The number of aryl methyl sites for hydroxylation is 1. The fraction of sp³-hybridized carbons (Fsp3) is 0.810. The average molecular weight is 463 g/mol. The highest BCUT2D eigenvalue weighted by Gasteiger charge is 2.40. The molecule has 0 aromatic carbocycles. The van der Waals surface area contributed by atoms with Gasteiger partial charge in [-0.25, -0.2) is 4.79 Å². The predicted octanol–water partition coefficient (Wildman–Crippen LogP) is 2.62. The van der Waals surface area contributed by atoms with Crippen molar-refractivity contribution >= 4 is 5.97 Å². The van der Waals surface area contributed by atoms with Gasteiger partial charge in [0.2, 0.25) is 0 Å². The van der Waals surface area contributed by atoms with Crippen LogP contribution in [0.2, 0.25) is 0 Å². The molecule has 32 heavy (non-hydrogen) atoms. The Bertz CT molecular complexity index is 724. The lowest BCUT2D eigenvalue weighted by atomic mass is 9.99. The van der Waals surface area contributed by atoms with Crippen LogP contribution in [0.25, 0.3) is 0 Å². The second kappa shape index (κ2) is 11.4. The number of likely N-dealkylation sites (tertiary alicyclic amines) is 1. The minimum Gasteiger partial charge on any atom is -0.475 e. The van der Waals surface area contributed by atoms with Crippen molar-refractivity contribution < 1.29 is 37.3 Å². The number of rotatable bonds is 6. The van der Waals surface area contributed by atoms with Gasteiger partial charge >= 0.3 is 12.1 Å². The first-order chi connectivity index (χ1) is 15.2. The van der Waals surface area contributed by atoms with Crippen molar-refractivity contribution in [2.75, 3.05) is 33.0 Å². The first-order valence-corrected chi connectivity index (χ1v) is 11.0. The molecule has 1 aromatic heterocycles. The number of carboxylic acid groups (broad SMARTS) is 1. The lowest BCUT2D eigenvalue weighted by Gasteiger charge is -2.36. The van der Waals surface area contributed by atoms with Crippen molar-refractivity contribution in [1.29, 1.82) is 0 Å². The highest BCUT2D eigenvalue weighted by Crippen LogP contribution is 2.32. The van der Waals surface area contributed by atoms with E-state index in [0.717, 1.165) is 65.2 Å². The zero-order valence-electron chi connectivity index (χ0n) is 18.3. The van der Waals surface area contributed by atoms with Crippen LogP contribution >= 0.6 is 0 Å². The maximum Gasteiger partial charge on any atom is 0.490 e. The molecule has 4 heterocycles. The van der Waals surface area contributed by atoms with Gasteiger partial charge < -0.3 is 19.3 Å². The van der Waals surface area contributed by atoms with E-state index in [1.54, 1.807) is 0 Å². The van der Waals surface area contributed by atoms with Crippen molar-refractivity contribution in [2.24, 2.45) is 13.0 Å². The van der Waals surface area contributed by atoms with Gasteiger partial charge in [0.25, 0.3) is 0 Å². The number of halogens is 3. The molecule has 3 aliphatic rings. The normalized spacial score (nSPS) is 26.9. The number of aliphatic carboxylic acids is 1. The van der Waals surface area contributed by atoms with E-state index < -0.39 is 12.1 Å². The van der Waals surface area contributed by atoms with Gasteiger partial charge in [-0.3, -0.25) is 9.58 Å². The minimum atomic E-state index is -5.08. The molecule has 8 nitrogen and oxygen atoms in total. The Balaban J connectivity index is 0.000000360. The van der Waals surface area contributed by atoms with E-state index >= 15 is 0 Å². The number of carboxylic acids is 1. The van der Waals surface area contributed by atoms with Crippen LogP contribution < -0.4 is 0 Å². The molecule has 0 aliphatic carbocycles. The Morgan fingerprint density at radius 2 is 1.94 bits per heavy atom. The molecule has 3 atom stereocenters. The molecule has 0 radical (unpaired) electrons. The maximum atomic E-state index is 10.6. The molecule has 0 amide bonds. The SMILES string of the molecule is Cn1cc(CN2CC[C@@H]3O[C@@H](COCC4CCOCC4)CC[C@@H]32)cn1.O=C(O)C(F)(F)F. The average Bonchev–Trinajstić information content (AvgIpc) is 3.34. The molecule has 3 fully saturated rings. The van der Waals surface area contributed by atoms with Crippen LogP contribution in [0.15, 0.2) is 12.4 Å². The standard InChI is InChI=1S/C19H31N3O3.C2HF3O2/c1-21-11-16(10-20-21)12-22-7-4-19-18(22)3-2-17(25-19)14-24-13-15-5-8-23-9-6-15;3-2(4,5)1(6)7/h10-11,15,17-19H,2-9,12-14H2,1H3;(H,6,7)/t17-,18+,19+;/m1./s1. The molecule has 0 saturated carbocycles. The van der Waals surface area contributed by atoms with E-state index in [2.05, 4.69) is 16.2 Å². The molecule has 11 heteroatoms. The molecule has 0 bridgehead atoms. The van der Waals surface area contributed by atoms with E-state index in [0.29, 0.717) is 18.1 Å². The van der Waals surface area contributed by atoms with Gasteiger partial charge in [0.1, 0.15) is 0 Å². The third-order valence-electron chi connectivity index (χ3n) is 6.14. The summed E-state index contributed by atoms with van der Waals surface area (Å²) in [6, 6.07) is 0.562. The van der Waals surface area contributed by atoms with Gasteiger partial charge in [-0.1, -0.05) is 0 Å². The van der Waals surface area contributed by atoms with Gasteiger partial charge in [0, 0.05) is 57.8 Å². The quantitative estimate of drug-likeness (QED) is 0.694. The monoisotopic (exact) mass is 463 g/mol. The first kappa shape index (κ1) is 24.9. The predicted molar refractivity (Wildman–Crippen MR) is 108 cm³/mol. The first-order valence-electron chi connectivity index (χ1n) is 11.0. The third kappa shape index (κ3) is 7.43. The van der Waals surface area contributed by atoms with E-state index in [1.165, 1.54) is 12.0 Å². The molecule has 1 aromatic rings. The summed E-state index contributed by atoms with van der Waals surface area (Å²) in [5.41, 5.74) is 1.30. The number of carbonyl (C=O) groups is 1. The Kier molecular flexibility index (Phi) is 8.92. The molecule has 1 N–H and O–H groups in total. The number of nitrogens with zero attached hydrogens (tertiary/aromatic N) is 3. The number of alkyl halides is 3. The topological polar surface area (TPSA) is 86.0 Å². The zero-order chi connectivity index (χ0) is 23.1. The fourth-order valence-corrected chi connectivity index (χ4v) is 4.47. The minimum absolute atomic E-state index is 0.277. The smallest absolute Gasteiger partial charge is 0.475 e. The van der Waals surface area contributed by atoms with Gasteiger partial charge in [0.05, 0.1) is 25.0 Å². The molecular weight excluding hydrogens is 431 g/mol. The lowest BCUT2D eigenvalue weighted by molar-refractivity contribution is -0.192. The molecular formula is C21H32F3N3O5. The van der Waals surface area contributed by atoms with E-state index in [9.17, 15) is 13.2 Å². The Morgan fingerprint density at radius 3 is 2.56 bits per heavy atom. The van der Waals surface area contributed by atoms with E-state index in [4.69, 9.17) is 24.1 Å². The van der Waals surface area contributed by atoms with Crippen molar-refractivity contribution in [3.63, 3.8) is 0 Å². The van der Waals surface area contributed by atoms with Crippen LogP contribution in [0.5, 0.6) is 0 Å². The van der Waals surface area contributed by atoms with Gasteiger partial charge in [-0.2, -0.15) is 18.3 Å². The van der Waals surface area contributed by atoms with E-state index in [-0.39, 0.29) is 6.10 Å². The van der Waals surface area contributed by atoms with Crippen LogP contribution in [0, 0.1) is 5.92 Å². The van der Waals surface area contributed by atoms with Crippen LogP contribution in [0.1, 0.15) is 37.7 Å². The summed E-state index contributed by atoms with van der Waals surface area (Å²) in [7, 11) is 1.98. The molecule has 182 valence electrons. The second-order valence-corrected chi connectivity index (χ2v) is 8.62. The number of aromatic nitrogens is 2. The maximum absolute atomic E-state index is 10.6. The zero-order valence-corrected chi connectivity index (χ0v) is 18.3. The van der Waals surface area contributed by atoms with Crippen molar-refractivity contribution in [2.45, 2.75) is 63.1 Å². The number of ether oxygens (including phenoxy) is 3. The van der Waals surface area contributed by atoms with Crippen molar-refractivity contribution in [3.8, 4) is 0 Å². The number of hydrogen-bond acceptors (Lipinski definition) is 6. The van der Waals surface area contributed by atoms with Crippen LogP contribution in [0.3, 0.4) is 0 Å². The van der Waals surface area contributed by atoms with Crippen molar-refractivity contribution in [3.05, 3.63) is 18.0 Å². The van der Waals surface area contributed by atoms with Gasteiger partial charge in [-0.05, 0) is 38.0 Å². The summed E-state index contributed by atoms with van der Waals surface area (Å²) in [5, 5.41) is 11.4. The number of hydrogen-bond donors (Lipinski definition) is 1. The second-order valence-electron chi connectivity index (χ2n) is 8.62. The Labute approximate surface area is 185 Å². The Morgan fingerprint density at radius 1 is 1.22 bits per heavy atom. The fourth-order valence-electron chi connectivity index (χ4n) is 4.47. The lowest BCUT2D eigenvalue weighted by Crippen LogP contribution is -2.43. The summed E-state index contributed by atoms with van der Waals surface area (Å²) in [6.07, 6.45) is 5.41. The summed E-state index contributed by atoms with van der Waals surface area (Å²) < 4.78 is 51.4. The molecule has 3 saturated heterocycles. The molecule has 3 aliphatic heterocycles.